The van der Waals surface area contributed by atoms with Crippen LogP contribution in [-0.4, -0.2) is 21.8 Å². The van der Waals surface area contributed by atoms with Crippen molar-refractivity contribution in [3.8, 4) is 11.3 Å². The van der Waals surface area contributed by atoms with Crippen molar-refractivity contribution in [3.63, 3.8) is 0 Å². The summed E-state index contributed by atoms with van der Waals surface area (Å²) in [5.74, 6) is -1.98. The highest BCUT2D eigenvalue weighted by Crippen LogP contribution is 2.40. The van der Waals surface area contributed by atoms with Gasteiger partial charge >= 0.3 is 0 Å². The van der Waals surface area contributed by atoms with Crippen LogP contribution in [0.15, 0.2) is 30.6 Å². The number of carbonyl (C=O) groups is 1. The molecule has 0 unspecified atom stereocenters. The van der Waals surface area contributed by atoms with E-state index in [0.29, 0.717) is 23.0 Å². The molecule has 0 radical (unpaired) electrons. The minimum atomic E-state index is -0.921. The highest BCUT2D eigenvalue weighted by molar-refractivity contribution is 5.97. The van der Waals surface area contributed by atoms with Gasteiger partial charge in [-0.05, 0) is 97.4 Å². The summed E-state index contributed by atoms with van der Waals surface area (Å²) >= 11 is 0. The molecule has 7 heteroatoms. The molecule has 4 atom stereocenters. The maximum Gasteiger partial charge on any atom is 0.185 e. The fourth-order valence-electron chi connectivity index (χ4n) is 5.31. The Morgan fingerprint density at radius 3 is 2.44 bits per heavy atom. The molecule has 1 aliphatic rings. The first kappa shape index (κ1) is 26.0. The average molecular weight is 496 g/mol. The lowest BCUT2D eigenvalue weighted by Gasteiger charge is -2.37. The van der Waals surface area contributed by atoms with Gasteiger partial charge in [0.05, 0.1) is 5.56 Å². The molecule has 0 amide bonds. The number of pyridine rings is 2. The topological polar surface area (TPSA) is 68.9 Å². The predicted octanol–water partition coefficient (Wildman–Crippen LogP) is 6.39. The molecule has 1 fully saturated rings. The molecule has 36 heavy (non-hydrogen) atoms. The Kier molecular flexibility index (Phi) is 7.32. The lowest BCUT2D eigenvalue weighted by Crippen LogP contribution is -2.39. The second kappa shape index (κ2) is 10.1. The van der Waals surface area contributed by atoms with Gasteiger partial charge in [-0.15, -0.1) is 0 Å². The monoisotopic (exact) mass is 495 g/mol. The van der Waals surface area contributed by atoms with Crippen molar-refractivity contribution in [1.29, 1.82) is 0 Å². The van der Waals surface area contributed by atoms with E-state index in [0.717, 1.165) is 36.1 Å². The number of carbonyl (C=O) groups excluding carboxylic acids is 1. The van der Waals surface area contributed by atoms with E-state index in [1.54, 1.807) is 26.2 Å². The van der Waals surface area contributed by atoms with Crippen molar-refractivity contribution in [3.05, 3.63) is 81.6 Å². The van der Waals surface area contributed by atoms with E-state index < -0.39 is 28.7 Å². The first-order valence-electron chi connectivity index (χ1n) is 12.3. The zero-order valence-electron chi connectivity index (χ0n) is 21.3. The predicted molar refractivity (Wildman–Crippen MR) is 134 cm³/mol. The van der Waals surface area contributed by atoms with Gasteiger partial charge in [-0.2, -0.15) is 0 Å². The van der Waals surface area contributed by atoms with Gasteiger partial charge in [0.15, 0.2) is 5.78 Å². The molecule has 2 heterocycles. The van der Waals surface area contributed by atoms with Crippen LogP contribution in [0.5, 0.6) is 0 Å². The van der Waals surface area contributed by atoms with Crippen molar-refractivity contribution >= 4 is 5.78 Å². The smallest absolute Gasteiger partial charge is 0.185 e. The Morgan fingerprint density at radius 1 is 1.06 bits per heavy atom. The maximum absolute atomic E-state index is 15.0. The second-order valence-corrected chi connectivity index (χ2v) is 10.3. The largest absolute Gasteiger partial charge is 0.327 e. The van der Waals surface area contributed by atoms with Crippen LogP contribution < -0.4 is 5.73 Å². The Balaban J connectivity index is 1.70. The summed E-state index contributed by atoms with van der Waals surface area (Å²) in [5, 5.41) is 0. The molecule has 2 N–H and O–H groups in total. The van der Waals surface area contributed by atoms with E-state index in [1.807, 2.05) is 6.07 Å². The molecule has 0 spiro atoms. The van der Waals surface area contributed by atoms with Crippen molar-refractivity contribution in [2.24, 2.45) is 17.6 Å². The van der Waals surface area contributed by atoms with Crippen LogP contribution >= 0.6 is 0 Å². The van der Waals surface area contributed by atoms with Crippen molar-refractivity contribution in [2.45, 2.75) is 65.8 Å². The summed E-state index contributed by atoms with van der Waals surface area (Å²) in [6.45, 7) is 9.00. The van der Waals surface area contributed by atoms with Crippen LogP contribution in [0, 0.1) is 50.1 Å². The summed E-state index contributed by atoms with van der Waals surface area (Å²) < 4.78 is 44.6. The van der Waals surface area contributed by atoms with Crippen molar-refractivity contribution < 1.29 is 18.0 Å². The van der Waals surface area contributed by atoms with Gasteiger partial charge in [-0.3, -0.25) is 9.78 Å². The molecule has 190 valence electrons. The van der Waals surface area contributed by atoms with Crippen LogP contribution in [0.2, 0.25) is 0 Å². The van der Waals surface area contributed by atoms with Crippen molar-refractivity contribution in [2.75, 3.05) is 0 Å². The molecule has 4 nitrogen and oxygen atoms in total. The van der Waals surface area contributed by atoms with Gasteiger partial charge in [-0.1, -0.05) is 13.8 Å². The lowest BCUT2D eigenvalue weighted by molar-refractivity contribution is 0.0987. The molecule has 4 rings (SSSR count). The number of rotatable bonds is 5. The molecule has 1 aromatic carbocycles. The fourth-order valence-corrected chi connectivity index (χ4v) is 5.31. The average Bonchev–Trinajstić information content (AvgIpc) is 2.82. The van der Waals surface area contributed by atoms with Crippen LogP contribution in [0.25, 0.3) is 11.3 Å². The van der Waals surface area contributed by atoms with Crippen molar-refractivity contribution in [1.82, 2.24) is 9.97 Å². The summed E-state index contributed by atoms with van der Waals surface area (Å²) in [4.78, 5) is 21.8. The van der Waals surface area contributed by atoms with Crippen LogP contribution in [-0.2, 0) is 6.42 Å². The van der Waals surface area contributed by atoms with E-state index in [-0.39, 0.29) is 35.4 Å². The SMILES string of the molecule is Cc1cc(F)c(-c2c(F)cc(C)c(C)c2F)nc1C(=O)Cc1cnccc1[C@H]1C[C@@H](N)[C@@H](C)[C@@H](C)C1. The van der Waals surface area contributed by atoms with Gasteiger partial charge in [-0.25, -0.2) is 18.2 Å². The van der Waals surface area contributed by atoms with E-state index >= 15 is 0 Å². The zero-order chi connectivity index (χ0) is 26.3. The molecule has 1 saturated carbocycles. The molecular weight excluding hydrogens is 463 g/mol. The number of hydrogen-bond donors (Lipinski definition) is 1. The fraction of sp³-hybridized carbons (Fsp3) is 0.414. The minimum Gasteiger partial charge on any atom is -0.327 e. The first-order chi connectivity index (χ1) is 17.0. The number of aryl methyl sites for hydroxylation is 2. The molecule has 0 aliphatic heterocycles. The number of nitrogens with zero attached hydrogens (tertiary/aromatic N) is 2. The van der Waals surface area contributed by atoms with Crippen LogP contribution in [0.3, 0.4) is 0 Å². The second-order valence-electron chi connectivity index (χ2n) is 10.3. The Labute approximate surface area is 210 Å². The van der Waals surface area contributed by atoms with Gasteiger partial charge in [0.1, 0.15) is 28.8 Å². The first-order valence-corrected chi connectivity index (χ1v) is 12.3. The molecule has 3 aromatic rings. The van der Waals surface area contributed by atoms with E-state index in [9.17, 15) is 18.0 Å². The molecule has 0 bridgehead atoms. The number of nitrogens with two attached hydrogens (primary N) is 1. The van der Waals surface area contributed by atoms with E-state index in [2.05, 4.69) is 23.8 Å². The van der Waals surface area contributed by atoms with Gasteiger partial charge in [0, 0.05) is 24.9 Å². The van der Waals surface area contributed by atoms with E-state index in [4.69, 9.17) is 5.73 Å². The van der Waals surface area contributed by atoms with Crippen LogP contribution in [0.4, 0.5) is 13.2 Å². The third-order valence-electron chi connectivity index (χ3n) is 7.91. The minimum absolute atomic E-state index is 0.00432. The zero-order valence-corrected chi connectivity index (χ0v) is 21.3. The third-order valence-corrected chi connectivity index (χ3v) is 7.91. The Hall–Kier alpha value is -3.06. The Morgan fingerprint density at radius 2 is 1.75 bits per heavy atom. The summed E-state index contributed by atoms with van der Waals surface area (Å²) in [7, 11) is 0. The van der Waals surface area contributed by atoms with E-state index in [1.165, 1.54) is 6.92 Å². The van der Waals surface area contributed by atoms with Gasteiger partial charge in [0.25, 0.3) is 0 Å². The molecular formula is C29H32F3N3O. The number of halogens is 3. The molecule has 1 aliphatic carbocycles. The number of ketones is 1. The lowest BCUT2D eigenvalue weighted by atomic mass is 9.70. The maximum atomic E-state index is 15.0. The molecule has 0 saturated heterocycles. The highest BCUT2D eigenvalue weighted by atomic mass is 19.1. The summed E-state index contributed by atoms with van der Waals surface area (Å²) in [5.41, 5.74) is 8.02. The van der Waals surface area contributed by atoms with Crippen LogP contribution in [0.1, 0.15) is 70.9 Å². The number of aromatic nitrogens is 2. The number of hydrogen-bond acceptors (Lipinski definition) is 4. The van der Waals surface area contributed by atoms with Gasteiger partial charge in [0.2, 0.25) is 0 Å². The third kappa shape index (κ3) is 4.81. The standard InChI is InChI=1S/C29H32F3N3O/c1-14-8-19(11-24(33)17(14)4)21-6-7-34-13-20(21)12-25(36)28-16(3)10-23(31)29(35-28)26-22(30)9-15(2)18(5)27(26)32/h6-7,9-10,13-14,17,19,24H,8,11-12,33H2,1-5H3/t14-,17-,19+,24+/m0/s1. The quantitative estimate of drug-likeness (QED) is 0.417. The number of benzene rings is 1. The Bertz CT molecular complexity index is 1310. The number of Topliss-reactive ketones (excluding diaryl/α,β-unsaturated/α-hetero) is 1. The molecule has 2 aromatic heterocycles. The van der Waals surface area contributed by atoms with Gasteiger partial charge < -0.3 is 5.73 Å². The highest BCUT2D eigenvalue weighted by Gasteiger charge is 2.33. The summed E-state index contributed by atoms with van der Waals surface area (Å²) in [6.07, 6.45) is 5.16. The normalized spacial score (nSPS) is 22.0. The summed E-state index contributed by atoms with van der Waals surface area (Å²) in [6, 6.07) is 4.26.